The predicted molar refractivity (Wildman–Crippen MR) is 104 cm³/mol. The summed E-state index contributed by atoms with van der Waals surface area (Å²) in [5, 5.41) is 0. The standard InChI is InChI=1S/C22H39P/c1-2-3-4-5-6-7-12-23(21-15-17-8-10-19(21)13-17)22-16-18-9-11-20(22)14-18/h17-22H,2-16H2,1H3. The molecule has 0 heterocycles. The van der Waals surface area contributed by atoms with Crippen LogP contribution in [0.3, 0.4) is 0 Å². The predicted octanol–water partition coefficient (Wildman–Crippen LogP) is 7.21. The Bertz CT molecular complexity index is 350. The van der Waals surface area contributed by atoms with E-state index in [1.165, 1.54) is 48.8 Å². The summed E-state index contributed by atoms with van der Waals surface area (Å²) in [6.07, 6.45) is 23.7. The Balaban J connectivity index is 1.32. The van der Waals surface area contributed by atoms with Gasteiger partial charge in [-0.2, -0.15) is 0 Å². The van der Waals surface area contributed by atoms with Crippen LogP contribution in [-0.4, -0.2) is 17.5 Å². The van der Waals surface area contributed by atoms with Crippen LogP contribution in [0.15, 0.2) is 0 Å². The fourth-order valence-electron chi connectivity index (χ4n) is 6.89. The van der Waals surface area contributed by atoms with E-state index in [4.69, 9.17) is 0 Å². The van der Waals surface area contributed by atoms with Crippen LogP contribution in [0.5, 0.6) is 0 Å². The Morgan fingerprint density at radius 1 is 0.652 bits per heavy atom. The van der Waals surface area contributed by atoms with E-state index in [0.29, 0.717) is 7.92 Å². The van der Waals surface area contributed by atoms with E-state index in [0.717, 1.165) is 11.8 Å². The smallest absolute Gasteiger partial charge is 0.0176 e. The highest BCUT2D eigenvalue weighted by molar-refractivity contribution is 7.59. The van der Waals surface area contributed by atoms with Crippen molar-refractivity contribution >= 4 is 7.92 Å². The van der Waals surface area contributed by atoms with Crippen LogP contribution < -0.4 is 0 Å². The molecule has 1 heteroatoms. The molecule has 0 saturated heterocycles. The molecule has 132 valence electrons. The third-order valence-corrected chi connectivity index (χ3v) is 11.8. The Hall–Kier alpha value is 0.430. The van der Waals surface area contributed by atoms with Gasteiger partial charge < -0.3 is 0 Å². The zero-order valence-corrected chi connectivity index (χ0v) is 16.4. The molecule has 6 unspecified atom stereocenters. The van der Waals surface area contributed by atoms with Crippen molar-refractivity contribution in [3.05, 3.63) is 0 Å². The summed E-state index contributed by atoms with van der Waals surface area (Å²) < 4.78 is 0. The van der Waals surface area contributed by atoms with Crippen LogP contribution in [0.25, 0.3) is 0 Å². The van der Waals surface area contributed by atoms with Crippen LogP contribution in [0.2, 0.25) is 0 Å². The van der Waals surface area contributed by atoms with Gasteiger partial charge in [-0.3, -0.25) is 0 Å². The zero-order chi connectivity index (χ0) is 15.6. The minimum atomic E-state index is 0.383. The monoisotopic (exact) mass is 334 g/mol. The maximum atomic E-state index is 2.34. The van der Waals surface area contributed by atoms with Crippen molar-refractivity contribution in [1.82, 2.24) is 0 Å². The second-order valence-electron chi connectivity index (χ2n) is 9.49. The van der Waals surface area contributed by atoms with Crippen molar-refractivity contribution in [2.45, 2.75) is 108 Å². The molecule has 0 aromatic carbocycles. The van der Waals surface area contributed by atoms with Gasteiger partial charge in [0.25, 0.3) is 0 Å². The summed E-state index contributed by atoms with van der Waals surface area (Å²) in [5.74, 6) is 4.70. The van der Waals surface area contributed by atoms with Crippen LogP contribution in [-0.2, 0) is 0 Å². The van der Waals surface area contributed by atoms with Gasteiger partial charge in [0.05, 0.1) is 0 Å². The van der Waals surface area contributed by atoms with E-state index < -0.39 is 0 Å². The first-order chi connectivity index (χ1) is 11.3. The molecule has 0 nitrogen and oxygen atoms in total. The largest absolute Gasteiger partial charge is 0.0998 e. The van der Waals surface area contributed by atoms with Crippen molar-refractivity contribution in [3.8, 4) is 0 Å². The van der Waals surface area contributed by atoms with Gasteiger partial charge in [-0.15, -0.1) is 0 Å². The Morgan fingerprint density at radius 2 is 1.22 bits per heavy atom. The number of unbranched alkanes of at least 4 members (excludes halogenated alkanes) is 5. The van der Waals surface area contributed by atoms with Crippen molar-refractivity contribution in [3.63, 3.8) is 0 Å². The minimum absolute atomic E-state index is 0.383. The molecule has 0 radical (unpaired) electrons. The highest BCUT2D eigenvalue weighted by atomic mass is 31.1. The first-order valence-corrected chi connectivity index (χ1v) is 12.8. The maximum Gasteiger partial charge on any atom is -0.0176 e. The van der Waals surface area contributed by atoms with E-state index in [1.807, 2.05) is 0 Å². The molecule has 4 bridgehead atoms. The van der Waals surface area contributed by atoms with Gasteiger partial charge in [-0.1, -0.05) is 59.8 Å². The molecule has 0 N–H and O–H groups in total. The quantitative estimate of drug-likeness (QED) is 0.309. The zero-order valence-electron chi connectivity index (χ0n) is 15.5. The van der Waals surface area contributed by atoms with Gasteiger partial charge in [0.2, 0.25) is 0 Å². The fraction of sp³-hybridized carbons (Fsp3) is 1.00. The van der Waals surface area contributed by atoms with Crippen molar-refractivity contribution in [1.29, 1.82) is 0 Å². The minimum Gasteiger partial charge on any atom is -0.0998 e. The van der Waals surface area contributed by atoms with Gasteiger partial charge in [0, 0.05) is 0 Å². The average Bonchev–Trinajstić information content (AvgIpc) is 3.34. The molecule has 0 spiro atoms. The highest BCUT2D eigenvalue weighted by Crippen LogP contribution is 2.67. The lowest BCUT2D eigenvalue weighted by Crippen LogP contribution is -2.26. The lowest BCUT2D eigenvalue weighted by atomic mass is 9.99. The van der Waals surface area contributed by atoms with Crippen LogP contribution in [0.1, 0.15) is 96.8 Å². The van der Waals surface area contributed by atoms with Gasteiger partial charge in [0.1, 0.15) is 0 Å². The molecular weight excluding hydrogens is 295 g/mol. The summed E-state index contributed by atoms with van der Waals surface area (Å²) in [5.41, 5.74) is 2.45. The second kappa shape index (κ2) is 7.76. The second-order valence-corrected chi connectivity index (χ2v) is 12.3. The lowest BCUT2D eigenvalue weighted by Gasteiger charge is -2.39. The van der Waals surface area contributed by atoms with Crippen LogP contribution in [0.4, 0.5) is 0 Å². The van der Waals surface area contributed by atoms with E-state index in [9.17, 15) is 0 Å². The SMILES string of the molecule is CCCCCCCCP(C1CC2CCC1C2)C1CC2CCC1C2. The van der Waals surface area contributed by atoms with E-state index in [-0.39, 0.29) is 0 Å². The highest BCUT2D eigenvalue weighted by Gasteiger charge is 2.49. The molecule has 23 heavy (non-hydrogen) atoms. The Labute approximate surface area is 146 Å². The summed E-state index contributed by atoms with van der Waals surface area (Å²) in [7, 11) is 0.383. The lowest BCUT2D eigenvalue weighted by molar-refractivity contribution is 0.460. The first-order valence-electron chi connectivity index (χ1n) is 11.1. The van der Waals surface area contributed by atoms with E-state index in [2.05, 4.69) is 6.92 Å². The summed E-state index contributed by atoms with van der Waals surface area (Å²) in [6, 6.07) is 0. The average molecular weight is 335 g/mol. The number of fused-ring (bicyclic) bond motifs is 4. The molecule has 0 aromatic rings. The van der Waals surface area contributed by atoms with Gasteiger partial charge in [0.15, 0.2) is 0 Å². The first kappa shape index (κ1) is 16.9. The Morgan fingerprint density at radius 3 is 1.70 bits per heavy atom. The van der Waals surface area contributed by atoms with E-state index >= 15 is 0 Å². The van der Waals surface area contributed by atoms with Crippen LogP contribution >= 0.6 is 7.92 Å². The molecule has 0 aromatic heterocycles. The summed E-state index contributed by atoms with van der Waals surface area (Å²) in [6.45, 7) is 2.34. The summed E-state index contributed by atoms with van der Waals surface area (Å²) in [4.78, 5) is 0. The topological polar surface area (TPSA) is 0 Å². The molecule has 4 saturated carbocycles. The molecule has 4 aliphatic carbocycles. The molecule has 4 fully saturated rings. The molecule has 0 aliphatic heterocycles. The number of hydrogen-bond acceptors (Lipinski definition) is 0. The molecule has 6 atom stereocenters. The third kappa shape index (κ3) is 3.68. The van der Waals surface area contributed by atoms with Gasteiger partial charge in [-0.05, 0) is 86.1 Å². The number of rotatable bonds is 9. The summed E-state index contributed by atoms with van der Waals surface area (Å²) >= 11 is 0. The molecule has 4 aliphatic rings. The van der Waals surface area contributed by atoms with Gasteiger partial charge in [-0.25, -0.2) is 0 Å². The van der Waals surface area contributed by atoms with Gasteiger partial charge >= 0.3 is 0 Å². The van der Waals surface area contributed by atoms with Crippen molar-refractivity contribution in [2.24, 2.45) is 23.7 Å². The maximum absolute atomic E-state index is 2.34. The normalized spacial score (nSPS) is 42.7. The van der Waals surface area contributed by atoms with E-state index in [1.54, 1.807) is 70.4 Å². The van der Waals surface area contributed by atoms with Crippen molar-refractivity contribution < 1.29 is 0 Å². The molecule has 4 rings (SSSR count). The van der Waals surface area contributed by atoms with Crippen LogP contribution in [0, 0.1) is 23.7 Å². The molecular formula is C22H39P. The number of hydrogen-bond donors (Lipinski definition) is 0. The Kier molecular flexibility index (Phi) is 5.69. The molecule has 0 amide bonds. The van der Waals surface area contributed by atoms with Crippen molar-refractivity contribution in [2.75, 3.05) is 6.16 Å². The fourth-order valence-corrected chi connectivity index (χ4v) is 11.4. The third-order valence-electron chi connectivity index (χ3n) is 8.02.